The van der Waals surface area contributed by atoms with Crippen molar-refractivity contribution in [2.45, 2.75) is 32.3 Å². The van der Waals surface area contributed by atoms with Crippen LogP contribution in [-0.2, 0) is 0 Å². The normalized spacial score (nSPS) is 28.1. The summed E-state index contributed by atoms with van der Waals surface area (Å²) in [7, 11) is 2.13. The maximum absolute atomic E-state index is 11.9. The minimum absolute atomic E-state index is 0.0643. The zero-order valence-corrected chi connectivity index (χ0v) is 14.7. The van der Waals surface area contributed by atoms with Crippen molar-refractivity contribution in [2.24, 2.45) is 5.41 Å². The predicted molar refractivity (Wildman–Crippen MR) is 94.2 cm³/mol. The molecule has 0 aromatic carbocycles. The first kappa shape index (κ1) is 17.2. The molecular weight excluding hydrogens is 304 g/mol. The number of aliphatic hydroxyl groups excluding tert-OH is 1. The Kier molecular flexibility index (Phi) is 5.06. The van der Waals surface area contributed by atoms with E-state index in [-0.39, 0.29) is 17.4 Å². The first-order valence-corrected chi connectivity index (χ1v) is 8.90. The van der Waals surface area contributed by atoms with Crippen LogP contribution in [-0.4, -0.2) is 66.8 Å². The first-order chi connectivity index (χ1) is 11.5. The van der Waals surface area contributed by atoms with Gasteiger partial charge in [0.25, 0.3) is 5.91 Å². The van der Waals surface area contributed by atoms with E-state index < -0.39 is 0 Å². The van der Waals surface area contributed by atoms with Gasteiger partial charge in [-0.3, -0.25) is 4.79 Å². The molecule has 0 radical (unpaired) electrons. The van der Waals surface area contributed by atoms with Gasteiger partial charge in [0.1, 0.15) is 5.82 Å². The molecule has 2 aliphatic rings. The van der Waals surface area contributed by atoms with Crippen molar-refractivity contribution in [2.75, 3.05) is 44.7 Å². The summed E-state index contributed by atoms with van der Waals surface area (Å²) < 4.78 is 0. The number of rotatable bonds is 3. The van der Waals surface area contributed by atoms with Crippen LogP contribution in [0.1, 0.15) is 36.5 Å². The predicted octanol–water partition coefficient (Wildman–Crippen LogP) is 1.11. The van der Waals surface area contributed by atoms with Crippen molar-refractivity contribution in [3.8, 4) is 0 Å². The van der Waals surface area contributed by atoms with Crippen LogP contribution in [0.5, 0.6) is 0 Å². The monoisotopic (exact) mass is 332 g/mol. The number of anilines is 1. The summed E-state index contributed by atoms with van der Waals surface area (Å²) in [6.45, 7) is 6.18. The molecule has 1 aromatic rings. The van der Waals surface area contributed by atoms with Crippen LogP contribution < -0.4 is 10.2 Å². The molecule has 3 heterocycles. The molecule has 6 heteroatoms. The zero-order valence-electron chi connectivity index (χ0n) is 14.7. The lowest BCUT2D eigenvalue weighted by Gasteiger charge is -2.50. The summed E-state index contributed by atoms with van der Waals surface area (Å²) in [4.78, 5) is 20.9. The molecule has 2 fully saturated rings. The highest BCUT2D eigenvalue weighted by molar-refractivity contribution is 5.94. The Morgan fingerprint density at radius 3 is 2.96 bits per heavy atom. The number of nitrogens with zero attached hydrogens (tertiary/aromatic N) is 3. The maximum atomic E-state index is 11.9. The molecule has 0 aliphatic carbocycles. The minimum Gasteiger partial charge on any atom is -0.392 e. The molecule has 2 saturated heterocycles. The number of piperidine rings is 2. The number of hydrogen-bond acceptors (Lipinski definition) is 5. The number of hydrogen-bond donors (Lipinski definition) is 2. The van der Waals surface area contributed by atoms with Gasteiger partial charge in [-0.25, -0.2) is 4.98 Å². The van der Waals surface area contributed by atoms with Crippen molar-refractivity contribution in [1.29, 1.82) is 0 Å². The second-order valence-corrected chi connectivity index (χ2v) is 7.19. The highest BCUT2D eigenvalue weighted by Gasteiger charge is 2.44. The maximum Gasteiger partial charge on any atom is 0.252 e. The van der Waals surface area contributed by atoms with Gasteiger partial charge in [0.15, 0.2) is 0 Å². The van der Waals surface area contributed by atoms with Crippen LogP contribution in [0, 0.1) is 5.41 Å². The summed E-state index contributed by atoms with van der Waals surface area (Å²) in [5.74, 6) is 0.804. The highest BCUT2D eigenvalue weighted by Crippen LogP contribution is 2.39. The van der Waals surface area contributed by atoms with E-state index in [1.165, 1.54) is 0 Å². The lowest BCUT2D eigenvalue weighted by atomic mass is 9.71. The van der Waals surface area contributed by atoms with Crippen molar-refractivity contribution >= 4 is 11.7 Å². The van der Waals surface area contributed by atoms with E-state index in [0.29, 0.717) is 12.1 Å². The summed E-state index contributed by atoms with van der Waals surface area (Å²) in [5.41, 5.74) is 0.523. The van der Waals surface area contributed by atoms with Gasteiger partial charge in [-0.15, -0.1) is 0 Å². The fourth-order valence-corrected chi connectivity index (χ4v) is 4.10. The van der Waals surface area contributed by atoms with Crippen LogP contribution in [0.2, 0.25) is 0 Å². The van der Waals surface area contributed by atoms with Crippen LogP contribution in [0.4, 0.5) is 5.82 Å². The van der Waals surface area contributed by atoms with Crippen LogP contribution >= 0.6 is 0 Å². The van der Waals surface area contributed by atoms with Crippen molar-refractivity contribution in [1.82, 2.24) is 15.2 Å². The van der Waals surface area contributed by atoms with E-state index in [0.717, 1.165) is 51.3 Å². The summed E-state index contributed by atoms with van der Waals surface area (Å²) >= 11 is 0. The first-order valence-electron chi connectivity index (χ1n) is 8.90. The average Bonchev–Trinajstić information content (AvgIpc) is 2.59. The molecular formula is C18H28N4O2. The Balaban J connectivity index is 1.74. The topological polar surface area (TPSA) is 68.7 Å². The van der Waals surface area contributed by atoms with Crippen molar-refractivity contribution in [3.63, 3.8) is 0 Å². The van der Waals surface area contributed by atoms with Gasteiger partial charge < -0.3 is 20.2 Å². The second kappa shape index (κ2) is 7.07. The molecule has 24 heavy (non-hydrogen) atoms. The van der Waals surface area contributed by atoms with Crippen molar-refractivity contribution in [3.05, 3.63) is 23.9 Å². The third kappa shape index (κ3) is 3.39. The number of pyridine rings is 1. The number of amides is 1. The lowest BCUT2D eigenvalue weighted by Crippen LogP contribution is -2.58. The Labute approximate surface area is 143 Å². The largest absolute Gasteiger partial charge is 0.392 e. The number of carbonyl (C=O) groups excluding carboxylic acids is 1. The summed E-state index contributed by atoms with van der Waals surface area (Å²) in [6, 6.07) is 3.75. The third-order valence-corrected chi connectivity index (χ3v) is 5.36. The van der Waals surface area contributed by atoms with Gasteiger partial charge in [0.2, 0.25) is 0 Å². The van der Waals surface area contributed by atoms with E-state index in [1.54, 1.807) is 6.20 Å². The molecule has 0 saturated carbocycles. The van der Waals surface area contributed by atoms with Gasteiger partial charge in [0, 0.05) is 44.3 Å². The molecule has 1 amide bonds. The molecule has 1 spiro atoms. The zero-order chi connectivity index (χ0) is 17.2. The molecule has 0 bridgehead atoms. The molecule has 132 valence electrons. The van der Waals surface area contributed by atoms with Gasteiger partial charge in [-0.05, 0) is 45.4 Å². The standard InChI is InChI=1S/C18H28N4O2/c1-3-19-17(24)14-5-6-16(20-11-14)22-9-4-8-18(13-22)12-21(2)10-7-15(18)23/h5-6,11,15,23H,3-4,7-10,12-13H2,1-2H3,(H,19,24)/t15-,18-/m0/s1. The average molecular weight is 332 g/mol. The van der Waals surface area contributed by atoms with E-state index in [9.17, 15) is 9.90 Å². The van der Waals surface area contributed by atoms with E-state index in [4.69, 9.17) is 0 Å². The molecule has 2 aliphatic heterocycles. The van der Waals surface area contributed by atoms with Gasteiger partial charge in [-0.2, -0.15) is 0 Å². The van der Waals surface area contributed by atoms with E-state index in [1.807, 2.05) is 19.1 Å². The van der Waals surface area contributed by atoms with E-state index in [2.05, 4.69) is 27.1 Å². The summed E-state index contributed by atoms with van der Waals surface area (Å²) in [5, 5.41) is 13.4. The van der Waals surface area contributed by atoms with Crippen molar-refractivity contribution < 1.29 is 9.90 Å². The summed E-state index contributed by atoms with van der Waals surface area (Å²) in [6.07, 6.45) is 4.36. The highest BCUT2D eigenvalue weighted by atomic mass is 16.3. The van der Waals surface area contributed by atoms with Crippen LogP contribution in [0.15, 0.2) is 18.3 Å². The number of likely N-dealkylation sites (tertiary alicyclic amines) is 1. The van der Waals surface area contributed by atoms with Gasteiger partial charge in [0.05, 0.1) is 11.7 Å². The Bertz CT molecular complexity index is 577. The second-order valence-electron chi connectivity index (χ2n) is 7.19. The van der Waals surface area contributed by atoms with Crippen LogP contribution in [0.3, 0.4) is 0 Å². The van der Waals surface area contributed by atoms with Crippen LogP contribution in [0.25, 0.3) is 0 Å². The number of nitrogens with one attached hydrogen (secondary N) is 1. The fraction of sp³-hybridized carbons (Fsp3) is 0.667. The Morgan fingerprint density at radius 1 is 1.42 bits per heavy atom. The van der Waals surface area contributed by atoms with Gasteiger partial charge >= 0.3 is 0 Å². The molecule has 6 nitrogen and oxygen atoms in total. The molecule has 0 unspecified atom stereocenters. The molecule has 2 N–H and O–H groups in total. The Morgan fingerprint density at radius 2 is 2.25 bits per heavy atom. The molecule has 1 aromatic heterocycles. The quantitative estimate of drug-likeness (QED) is 0.868. The third-order valence-electron chi connectivity index (χ3n) is 5.36. The number of aliphatic hydroxyl groups is 1. The number of carbonyl (C=O) groups is 1. The fourth-order valence-electron chi connectivity index (χ4n) is 4.10. The van der Waals surface area contributed by atoms with E-state index >= 15 is 0 Å². The van der Waals surface area contributed by atoms with Gasteiger partial charge in [-0.1, -0.05) is 0 Å². The lowest BCUT2D eigenvalue weighted by molar-refractivity contribution is -0.0466. The number of aromatic nitrogens is 1. The molecule has 3 rings (SSSR count). The molecule has 2 atom stereocenters. The Hall–Kier alpha value is -1.66. The minimum atomic E-state index is -0.244. The SMILES string of the molecule is CCNC(=O)c1ccc(N2CCC[C@]3(CN(C)CC[C@@H]3O)C2)nc1. The smallest absolute Gasteiger partial charge is 0.252 e.